The van der Waals surface area contributed by atoms with Crippen LogP contribution in [0.5, 0.6) is 5.75 Å². The first-order chi connectivity index (χ1) is 10.7. The van der Waals surface area contributed by atoms with Gasteiger partial charge in [0.05, 0.1) is 0 Å². The molecule has 0 heterocycles. The van der Waals surface area contributed by atoms with E-state index in [-0.39, 0.29) is 11.6 Å². The van der Waals surface area contributed by atoms with E-state index in [0.29, 0.717) is 0 Å². The summed E-state index contributed by atoms with van der Waals surface area (Å²) in [6.45, 7) is 13.8. The molecule has 0 spiro atoms. The maximum Gasteiger partial charge on any atom is 0.250 e. The molecule has 130 valence electrons. The van der Waals surface area contributed by atoms with E-state index in [9.17, 15) is 0 Å². The van der Waals surface area contributed by atoms with Gasteiger partial charge in [-0.1, -0.05) is 39.0 Å². The van der Waals surface area contributed by atoms with Crippen LogP contribution in [0.15, 0.2) is 30.4 Å². The van der Waals surface area contributed by atoms with Gasteiger partial charge >= 0.3 is 0 Å². The van der Waals surface area contributed by atoms with E-state index >= 15 is 0 Å². The fourth-order valence-electron chi connectivity index (χ4n) is 2.11. The van der Waals surface area contributed by atoms with Crippen molar-refractivity contribution in [2.75, 3.05) is 6.61 Å². The Morgan fingerprint density at radius 1 is 1.13 bits per heavy atom. The van der Waals surface area contributed by atoms with E-state index in [1.54, 1.807) is 0 Å². The van der Waals surface area contributed by atoms with Gasteiger partial charge in [-0.15, -0.1) is 0 Å². The minimum Gasteiger partial charge on any atom is -0.543 e. The van der Waals surface area contributed by atoms with Gasteiger partial charge < -0.3 is 9.53 Å². The third-order valence-corrected chi connectivity index (χ3v) is 9.13. The molecular formula is C20H34O2Si. The summed E-state index contributed by atoms with van der Waals surface area (Å²) in [6.07, 6.45) is 8.28. The predicted molar refractivity (Wildman–Crippen MR) is 103 cm³/mol. The fraction of sp³-hybridized carbons (Fsp3) is 0.600. The third kappa shape index (κ3) is 6.52. The minimum absolute atomic E-state index is 0.216. The third-order valence-electron chi connectivity index (χ3n) is 4.78. The Labute approximate surface area is 143 Å². The van der Waals surface area contributed by atoms with Crippen molar-refractivity contribution in [1.82, 2.24) is 0 Å². The summed E-state index contributed by atoms with van der Waals surface area (Å²) in [6, 6.07) is 6.50. The van der Waals surface area contributed by atoms with Crippen molar-refractivity contribution < 1.29 is 9.53 Å². The van der Waals surface area contributed by atoms with Gasteiger partial charge in [-0.05, 0) is 74.0 Å². The minimum atomic E-state index is -1.78. The molecule has 0 fully saturated rings. The molecule has 1 rings (SSSR count). The van der Waals surface area contributed by atoms with Crippen LogP contribution in [-0.2, 0) is 6.42 Å². The number of aliphatic hydroxyl groups is 1. The van der Waals surface area contributed by atoms with Gasteiger partial charge in [0.15, 0.2) is 0 Å². The van der Waals surface area contributed by atoms with Crippen LogP contribution in [0.3, 0.4) is 0 Å². The zero-order valence-electron chi connectivity index (χ0n) is 15.8. The summed E-state index contributed by atoms with van der Waals surface area (Å²) < 4.78 is 6.41. The summed E-state index contributed by atoms with van der Waals surface area (Å²) in [5.74, 6) is 1.02. The van der Waals surface area contributed by atoms with Crippen molar-refractivity contribution in [2.45, 2.75) is 71.5 Å². The maximum absolute atomic E-state index is 8.77. The Bertz CT molecular complexity index is 513. The molecule has 0 aliphatic heterocycles. The van der Waals surface area contributed by atoms with Gasteiger partial charge in [-0.3, -0.25) is 0 Å². The Morgan fingerprint density at radius 2 is 1.78 bits per heavy atom. The highest BCUT2D eigenvalue weighted by Gasteiger charge is 2.38. The number of rotatable bonds is 8. The molecule has 1 N–H and O–H groups in total. The summed E-state index contributed by atoms with van der Waals surface area (Å²) in [5, 5.41) is 8.99. The second-order valence-electron chi connectivity index (χ2n) is 7.83. The number of unbranched alkanes of at least 4 members (excludes halogenated alkanes) is 1. The van der Waals surface area contributed by atoms with Gasteiger partial charge in [0.25, 0.3) is 0 Å². The molecule has 0 aliphatic rings. The van der Waals surface area contributed by atoms with Crippen LogP contribution in [0.1, 0.15) is 51.2 Å². The molecule has 1 aromatic carbocycles. The lowest BCUT2D eigenvalue weighted by Crippen LogP contribution is -2.43. The van der Waals surface area contributed by atoms with E-state index in [4.69, 9.17) is 9.53 Å². The van der Waals surface area contributed by atoms with Crippen LogP contribution >= 0.6 is 0 Å². The Hall–Kier alpha value is -1.06. The lowest BCUT2D eigenvalue weighted by atomic mass is 10.0. The van der Waals surface area contributed by atoms with Crippen molar-refractivity contribution in [2.24, 2.45) is 0 Å². The van der Waals surface area contributed by atoms with Crippen LogP contribution < -0.4 is 4.43 Å². The molecule has 1 aromatic rings. The first-order valence-electron chi connectivity index (χ1n) is 8.72. The molecule has 0 saturated heterocycles. The van der Waals surface area contributed by atoms with Gasteiger partial charge in [-0.2, -0.15) is 0 Å². The highest BCUT2D eigenvalue weighted by molar-refractivity contribution is 6.74. The molecule has 2 nitrogen and oxygen atoms in total. The lowest BCUT2D eigenvalue weighted by molar-refractivity contribution is 0.289. The molecule has 23 heavy (non-hydrogen) atoms. The lowest BCUT2D eigenvalue weighted by Gasteiger charge is -2.36. The number of hydrogen-bond acceptors (Lipinski definition) is 2. The number of allylic oxidation sites excluding steroid dienone is 2. The van der Waals surface area contributed by atoms with Gasteiger partial charge in [0, 0.05) is 6.61 Å². The molecular weight excluding hydrogens is 300 g/mol. The van der Waals surface area contributed by atoms with E-state index in [1.807, 2.05) is 0 Å². The van der Waals surface area contributed by atoms with Crippen LogP contribution in [0.25, 0.3) is 0 Å². The van der Waals surface area contributed by atoms with E-state index < -0.39 is 8.32 Å². The highest BCUT2D eigenvalue weighted by atomic mass is 28.4. The van der Waals surface area contributed by atoms with Gasteiger partial charge in [0.2, 0.25) is 8.32 Å². The molecule has 0 unspecified atom stereocenters. The topological polar surface area (TPSA) is 29.5 Å². The molecule has 0 saturated carbocycles. The molecule has 0 aliphatic carbocycles. The summed E-state index contributed by atoms with van der Waals surface area (Å²) in [5.41, 5.74) is 2.70. The van der Waals surface area contributed by atoms with Gasteiger partial charge in [0.1, 0.15) is 5.75 Å². The molecule has 0 radical (unpaired) electrons. The summed E-state index contributed by atoms with van der Waals surface area (Å²) in [7, 11) is -1.78. The number of aryl methyl sites for hydroxylation is 2. The number of benzene rings is 1. The van der Waals surface area contributed by atoms with Crippen LogP contribution in [0.4, 0.5) is 0 Å². The normalized spacial score (nSPS) is 12.8. The first-order valence-corrected chi connectivity index (χ1v) is 11.6. The Balaban J connectivity index is 2.70. The average Bonchev–Trinajstić information content (AvgIpc) is 2.44. The van der Waals surface area contributed by atoms with Crippen molar-refractivity contribution in [3.8, 4) is 5.75 Å². The summed E-state index contributed by atoms with van der Waals surface area (Å²) in [4.78, 5) is 0. The van der Waals surface area contributed by atoms with Crippen molar-refractivity contribution in [1.29, 1.82) is 0 Å². The number of hydrogen-bond donors (Lipinski definition) is 1. The Morgan fingerprint density at radius 3 is 2.39 bits per heavy atom. The fourth-order valence-corrected chi connectivity index (χ4v) is 3.13. The number of aliphatic hydroxyl groups excluding tert-OH is 1. The van der Waals surface area contributed by atoms with E-state index in [0.717, 1.165) is 31.4 Å². The SMILES string of the molecule is Cc1ccc(O[Si](C)(C)C(C)(C)C)cc1CC/C=C/CCCO. The molecule has 0 atom stereocenters. The van der Waals surface area contributed by atoms with Crippen molar-refractivity contribution >= 4 is 8.32 Å². The second kappa shape index (κ2) is 8.70. The van der Waals surface area contributed by atoms with Crippen molar-refractivity contribution in [3.05, 3.63) is 41.5 Å². The quantitative estimate of drug-likeness (QED) is 0.379. The first kappa shape index (κ1) is 20.0. The molecule has 0 amide bonds. The summed E-state index contributed by atoms with van der Waals surface area (Å²) >= 11 is 0. The van der Waals surface area contributed by atoms with Crippen LogP contribution in [0, 0.1) is 6.92 Å². The van der Waals surface area contributed by atoms with Crippen LogP contribution in [-0.4, -0.2) is 20.0 Å². The second-order valence-corrected chi connectivity index (χ2v) is 12.6. The molecule has 3 heteroatoms. The predicted octanol–water partition coefficient (Wildman–Crippen LogP) is 5.64. The zero-order valence-corrected chi connectivity index (χ0v) is 16.8. The van der Waals surface area contributed by atoms with Crippen LogP contribution in [0.2, 0.25) is 18.1 Å². The highest BCUT2D eigenvalue weighted by Crippen LogP contribution is 2.37. The van der Waals surface area contributed by atoms with E-state index in [1.165, 1.54) is 11.1 Å². The largest absolute Gasteiger partial charge is 0.543 e. The smallest absolute Gasteiger partial charge is 0.250 e. The molecule has 0 bridgehead atoms. The average molecular weight is 335 g/mol. The monoisotopic (exact) mass is 334 g/mol. The maximum atomic E-state index is 8.77. The molecule has 0 aromatic heterocycles. The van der Waals surface area contributed by atoms with E-state index in [2.05, 4.69) is 71.1 Å². The standard InChI is InChI=1S/C20H34O2Si/c1-17-13-14-19(22-23(5,6)20(2,3)4)16-18(17)12-10-8-7-9-11-15-21/h7-8,13-14,16,21H,9-12,15H2,1-6H3/b8-7+. The Kier molecular flexibility index (Phi) is 7.55. The van der Waals surface area contributed by atoms with Crippen molar-refractivity contribution in [3.63, 3.8) is 0 Å². The van der Waals surface area contributed by atoms with Gasteiger partial charge in [-0.25, -0.2) is 0 Å². The zero-order chi connectivity index (χ0) is 17.5.